The van der Waals surface area contributed by atoms with Gasteiger partial charge in [0.15, 0.2) is 11.5 Å². The van der Waals surface area contributed by atoms with Crippen molar-refractivity contribution in [1.29, 1.82) is 0 Å². The summed E-state index contributed by atoms with van der Waals surface area (Å²) in [6.07, 6.45) is 0. The first-order valence-corrected chi connectivity index (χ1v) is 4.21. The largest absolute Gasteiger partial charge is 0.504 e. The molecule has 0 amide bonds. The van der Waals surface area contributed by atoms with Gasteiger partial charge in [-0.2, -0.15) is 0 Å². The van der Waals surface area contributed by atoms with Crippen LogP contribution >= 0.6 is 0 Å². The molecule has 0 saturated carbocycles. The van der Waals surface area contributed by atoms with E-state index < -0.39 is 5.63 Å². The van der Waals surface area contributed by atoms with Gasteiger partial charge in [0.1, 0.15) is 5.58 Å². The average molecular weight is 208 g/mol. The summed E-state index contributed by atoms with van der Waals surface area (Å²) in [5.41, 5.74) is -0.143. The molecule has 0 aliphatic heterocycles. The number of phenolic OH excluding ortho intramolecular Hbond substituents is 2. The highest BCUT2D eigenvalue weighted by molar-refractivity contribution is 5.83. The van der Waals surface area contributed by atoms with Crippen LogP contribution in [0.15, 0.2) is 27.4 Å². The van der Waals surface area contributed by atoms with E-state index >= 15 is 0 Å². The maximum Gasteiger partial charge on any atom is 0.336 e. The molecule has 0 aliphatic carbocycles. The van der Waals surface area contributed by atoms with Crippen molar-refractivity contribution in [2.45, 2.75) is 6.61 Å². The van der Waals surface area contributed by atoms with E-state index in [2.05, 4.69) is 0 Å². The Morgan fingerprint density at radius 2 is 1.80 bits per heavy atom. The zero-order valence-electron chi connectivity index (χ0n) is 7.60. The van der Waals surface area contributed by atoms with Gasteiger partial charge >= 0.3 is 5.63 Å². The minimum absolute atomic E-state index is 0.127. The number of fused-ring (bicyclic) bond motifs is 1. The van der Waals surface area contributed by atoms with Gasteiger partial charge in [0.25, 0.3) is 0 Å². The molecule has 0 bridgehead atoms. The van der Waals surface area contributed by atoms with Crippen LogP contribution in [0.25, 0.3) is 11.0 Å². The second-order valence-corrected chi connectivity index (χ2v) is 3.09. The van der Waals surface area contributed by atoms with Gasteiger partial charge in [0.05, 0.1) is 6.61 Å². The number of hydrogen-bond donors (Lipinski definition) is 3. The summed E-state index contributed by atoms with van der Waals surface area (Å²) < 4.78 is 4.80. The monoisotopic (exact) mass is 208 g/mol. The van der Waals surface area contributed by atoms with Crippen molar-refractivity contribution in [3.63, 3.8) is 0 Å². The summed E-state index contributed by atoms with van der Waals surface area (Å²) in [7, 11) is 0. The van der Waals surface area contributed by atoms with E-state index in [9.17, 15) is 15.0 Å². The zero-order valence-corrected chi connectivity index (χ0v) is 7.60. The van der Waals surface area contributed by atoms with Crippen LogP contribution in [-0.4, -0.2) is 15.3 Å². The molecule has 5 heteroatoms. The predicted octanol–water partition coefficient (Wildman–Crippen LogP) is 0.696. The third-order valence-corrected chi connectivity index (χ3v) is 2.10. The van der Waals surface area contributed by atoms with E-state index in [1.807, 2.05) is 0 Å². The van der Waals surface area contributed by atoms with Gasteiger partial charge in [-0.25, -0.2) is 4.79 Å². The first kappa shape index (κ1) is 9.54. The number of aliphatic hydroxyl groups excluding tert-OH is 1. The average Bonchev–Trinajstić information content (AvgIpc) is 2.19. The lowest BCUT2D eigenvalue weighted by Gasteiger charge is -2.03. The molecule has 0 aliphatic rings. The summed E-state index contributed by atoms with van der Waals surface area (Å²) >= 11 is 0. The van der Waals surface area contributed by atoms with Crippen LogP contribution in [-0.2, 0) is 6.61 Å². The van der Waals surface area contributed by atoms with Crippen molar-refractivity contribution < 1.29 is 19.7 Å². The number of phenols is 2. The highest BCUT2D eigenvalue weighted by Crippen LogP contribution is 2.30. The Bertz CT molecular complexity index is 570. The topological polar surface area (TPSA) is 90.9 Å². The lowest BCUT2D eigenvalue weighted by Crippen LogP contribution is -2.00. The van der Waals surface area contributed by atoms with Crippen molar-refractivity contribution in [2.24, 2.45) is 0 Å². The Balaban J connectivity index is 2.90. The van der Waals surface area contributed by atoms with Gasteiger partial charge in [-0.05, 0) is 11.6 Å². The summed E-state index contributed by atoms with van der Waals surface area (Å²) in [6, 6.07) is 3.50. The van der Waals surface area contributed by atoms with Crippen molar-refractivity contribution in [3.8, 4) is 11.5 Å². The molecule has 15 heavy (non-hydrogen) atoms. The van der Waals surface area contributed by atoms with E-state index in [-0.39, 0.29) is 23.7 Å². The number of aromatic hydroxyl groups is 2. The Hall–Kier alpha value is -2.01. The smallest absolute Gasteiger partial charge is 0.336 e. The lowest BCUT2D eigenvalue weighted by atomic mass is 10.1. The molecular weight excluding hydrogens is 200 g/mol. The summed E-state index contributed by atoms with van der Waals surface area (Å²) in [5.74, 6) is -0.702. The van der Waals surface area contributed by atoms with Crippen LogP contribution in [0.3, 0.4) is 0 Å². The molecule has 1 heterocycles. The van der Waals surface area contributed by atoms with E-state index in [4.69, 9.17) is 9.52 Å². The fourth-order valence-electron chi connectivity index (χ4n) is 1.38. The second-order valence-electron chi connectivity index (χ2n) is 3.09. The molecular formula is C10H8O5. The third kappa shape index (κ3) is 1.53. The molecule has 5 nitrogen and oxygen atoms in total. The SMILES string of the molecule is O=c1cc(CO)c2cc(O)c(O)cc2o1. The van der Waals surface area contributed by atoms with E-state index in [1.165, 1.54) is 6.07 Å². The summed E-state index contributed by atoms with van der Waals surface area (Å²) in [4.78, 5) is 11.0. The van der Waals surface area contributed by atoms with Gasteiger partial charge in [0.2, 0.25) is 0 Å². The third-order valence-electron chi connectivity index (χ3n) is 2.10. The number of benzene rings is 1. The predicted molar refractivity (Wildman–Crippen MR) is 51.7 cm³/mol. The molecule has 0 atom stereocenters. The van der Waals surface area contributed by atoms with Crippen molar-refractivity contribution >= 4 is 11.0 Å². The van der Waals surface area contributed by atoms with Crippen molar-refractivity contribution in [2.75, 3.05) is 0 Å². The second kappa shape index (κ2) is 3.29. The first-order chi connectivity index (χ1) is 7.11. The zero-order chi connectivity index (χ0) is 11.0. The van der Waals surface area contributed by atoms with Crippen LogP contribution in [0.1, 0.15) is 5.56 Å². The van der Waals surface area contributed by atoms with Gasteiger partial charge in [-0.1, -0.05) is 0 Å². The van der Waals surface area contributed by atoms with Crippen molar-refractivity contribution in [3.05, 3.63) is 34.2 Å². The Kier molecular flexibility index (Phi) is 2.09. The summed E-state index contributed by atoms with van der Waals surface area (Å²) in [6.45, 7) is -0.341. The maximum absolute atomic E-state index is 11.0. The Morgan fingerprint density at radius 1 is 1.13 bits per heavy atom. The van der Waals surface area contributed by atoms with Crippen LogP contribution in [0.4, 0.5) is 0 Å². The number of hydrogen-bond acceptors (Lipinski definition) is 5. The molecule has 1 aromatic carbocycles. The standard InChI is InChI=1S/C10H8O5/c11-4-5-1-10(14)15-9-3-8(13)7(12)2-6(5)9/h1-3,11-13H,4H2. The molecule has 0 fully saturated rings. The molecule has 0 radical (unpaired) electrons. The molecule has 2 aromatic rings. The van der Waals surface area contributed by atoms with E-state index in [1.54, 1.807) is 0 Å². The van der Waals surface area contributed by atoms with E-state index in [0.29, 0.717) is 10.9 Å². The van der Waals surface area contributed by atoms with Gasteiger partial charge in [0, 0.05) is 17.5 Å². The van der Waals surface area contributed by atoms with Crippen LogP contribution < -0.4 is 5.63 Å². The molecule has 78 valence electrons. The Morgan fingerprint density at radius 3 is 2.47 bits per heavy atom. The summed E-state index contributed by atoms with van der Waals surface area (Å²) in [5, 5.41) is 27.8. The molecule has 0 spiro atoms. The van der Waals surface area contributed by atoms with Crippen molar-refractivity contribution in [1.82, 2.24) is 0 Å². The fraction of sp³-hybridized carbons (Fsp3) is 0.100. The molecule has 3 N–H and O–H groups in total. The molecule has 1 aromatic heterocycles. The minimum atomic E-state index is -0.614. The highest BCUT2D eigenvalue weighted by atomic mass is 16.4. The van der Waals surface area contributed by atoms with Crippen LogP contribution in [0, 0.1) is 0 Å². The van der Waals surface area contributed by atoms with E-state index in [0.717, 1.165) is 12.1 Å². The van der Waals surface area contributed by atoms with Gasteiger partial charge in [-0.15, -0.1) is 0 Å². The molecule has 0 unspecified atom stereocenters. The lowest BCUT2D eigenvalue weighted by molar-refractivity contribution is 0.282. The Labute approximate surface area is 83.8 Å². The van der Waals surface area contributed by atoms with Crippen LogP contribution in [0.5, 0.6) is 11.5 Å². The normalized spacial score (nSPS) is 10.7. The first-order valence-electron chi connectivity index (χ1n) is 4.21. The minimum Gasteiger partial charge on any atom is -0.504 e. The van der Waals surface area contributed by atoms with Gasteiger partial charge < -0.3 is 19.7 Å². The number of aliphatic hydroxyl groups is 1. The quantitative estimate of drug-likeness (QED) is 0.474. The molecule has 0 saturated heterocycles. The fourth-order valence-corrected chi connectivity index (χ4v) is 1.38. The number of rotatable bonds is 1. The maximum atomic E-state index is 11.0. The van der Waals surface area contributed by atoms with Gasteiger partial charge in [-0.3, -0.25) is 0 Å². The molecule has 2 rings (SSSR count). The highest BCUT2D eigenvalue weighted by Gasteiger charge is 2.08. The van der Waals surface area contributed by atoms with Crippen LogP contribution in [0.2, 0.25) is 0 Å².